The first-order valence-electron chi connectivity index (χ1n) is 16.5. The molecule has 1 fully saturated rings. The van der Waals surface area contributed by atoms with Crippen LogP contribution < -0.4 is 21.3 Å². The average Bonchev–Trinajstić information content (AvgIpc) is 3.75. The number of hydrogen-bond donors (Lipinski definition) is 4. The molecule has 50 heavy (non-hydrogen) atoms. The fraction of sp³-hybridized carbons (Fsp3) is 0.471. The van der Waals surface area contributed by atoms with E-state index in [1.807, 2.05) is 44.2 Å². The number of aromatic nitrogens is 2. The molecule has 0 unspecified atom stereocenters. The Morgan fingerprint density at radius 2 is 1.78 bits per heavy atom. The maximum Gasteiger partial charge on any atom is 0.325 e. The third-order valence-electron chi connectivity index (χ3n) is 8.51. The number of benzene rings is 1. The largest absolute Gasteiger partial charge is 0.443 e. The highest BCUT2D eigenvalue weighted by molar-refractivity contribution is 7.09. The van der Waals surface area contributed by atoms with E-state index in [1.54, 1.807) is 26.2 Å². The number of carbonyl (C=O) groups is 6. The molecule has 0 aliphatic carbocycles. The molecule has 2 aliphatic rings. The minimum Gasteiger partial charge on any atom is -0.443 e. The van der Waals surface area contributed by atoms with Crippen LogP contribution in [0.2, 0.25) is 0 Å². The second-order valence-electron chi connectivity index (χ2n) is 13.2. The van der Waals surface area contributed by atoms with E-state index in [9.17, 15) is 28.8 Å². The zero-order chi connectivity index (χ0) is 36.2. The van der Waals surface area contributed by atoms with Gasteiger partial charge in [0.2, 0.25) is 17.7 Å². The number of hydrogen-bond acceptors (Lipinski definition) is 10. The smallest absolute Gasteiger partial charge is 0.325 e. The van der Waals surface area contributed by atoms with Gasteiger partial charge in [0.15, 0.2) is 5.69 Å². The summed E-state index contributed by atoms with van der Waals surface area (Å²) >= 11 is 1.23. The van der Waals surface area contributed by atoms with Gasteiger partial charge in [-0.3, -0.25) is 28.9 Å². The van der Waals surface area contributed by atoms with Crippen molar-refractivity contribution in [2.24, 2.45) is 5.92 Å². The Hall–Kier alpha value is -5.12. The zero-order valence-corrected chi connectivity index (χ0v) is 29.5. The summed E-state index contributed by atoms with van der Waals surface area (Å²) in [5.41, 5.74) is -0.00329. The van der Waals surface area contributed by atoms with Crippen LogP contribution in [0.25, 0.3) is 0 Å². The van der Waals surface area contributed by atoms with E-state index in [-0.39, 0.29) is 67.3 Å². The van der Waals surface area contributed by atoms with Crippen LogP contribution in [-0.2, 0) is 20.8 Å². The van der Waals surface area contributed by atoms with Crippen molar-refractivity contribution in [2.45, 2.75) is 71.5 Å². The number of thiazole rings is 1. The summed E-state index contributed by atoms with van der Waals surface area (Å²) in [6, 6.07) is 7.57. The van der Waals surface area contributed by atoms with Crippen molar-refractivity contribution in [3.05, 3.63) is 69.3 Å². The summed E-state index contributed by atoms with van der Waals surface area (Å²) in [4.78, 5) is 90.0. The van der Waals surface area contributed by atoms with Crippen LogP contribution in [0.1, 0.15) is 95.8 Å². The number of fused-ring (bicyclic) bond motifs is 4. The first-order valence-corrected chi connectivity index (χ1v) is 17.4. The Labute approximate surface area is 293 Å². The highest BCUT2D eigenvalue weighted by Crippen LogP contribution is 2.27. The number of imide groups is 1. The monoisotopic (exact) mass is 706 g/mol. The van der Waals surface area contributed by atoms with Crippen LogP contribution in [0.15, 0.2) is 40.1 Å². The van der Waals surface area contributed by atoms with E-state index < -0.39 is 53.8 Å². The van der Waals surface area contributed by atoms with Crippen LogP contribution in [0, 0.1) is 12.8 Å². The molecule has 15 nitrogen and oxygen atoms in total. The topological polar surface area (TPSA) is 196 Å². The predicted octanol–water partition coefficient (Wildman–Crippen LogP) is 2.65. The first-order chi connectivity index (χ1) is 23.7. The molecule has 1 saturated heterocycles. The molecule has 0 saturated carbocycles. The molecule has 3 aromatic rings. The molecule has 2 aliphatic heterocycles. The molecular weight excluding hydrogens is 664 g/mol. The Kier molecular flexibility index (Phi) is 11.0. The third-order valence-corrected chi connectivity index (χ3v) is 9.44. The molecule has 266 valence electrons. The van der Waals surface area contributed by atoms with Gasteiger partial charge in [-0.2, -0.15) is 0 Å². The van der Waals surface area contributed by atoms with E-state index in [1.165, 1.54) is 16.2 Å². The minimum absolute atomic E-state index is 0.0162. The van der Waals surface area contributed by atoms with E-state index in [2.05, 4.69) is 31.2 Å². The number of amides is 7. The van der Waals surface area contributed by atoms with Crippen molar-refractivity contribution in [2.75, 3.05) is 26.2 Å². The standard InChI is InChI=1S/C34H42N8O7S/c1-19(2)26-31-37-23(18-50-31)28(45)35-13-15-41(25(44)17-42-32(47)34(4,5)40-33(42)48)14-9-12-24(43)36-22(16-21-10-7-6-8-11-21)30-39-27(20(3)49-30)29(46)38-26/h6-8,10-11,18-19,22,26H,9,12-17H2,1-5H3,(H,35,45)(H,36,43)(H,38,46)(H,40,48)/t22-,26-/m0/s1. The molecule has 4 heterocycles. The van der Waals surface area contributed by atoms with Gasteiger partial charge >= 0.3 is 6.03 Å². The van der Waals surface area contributed by atoms with Crippen LogP contribution >= 0.6 is 11.3 Å². The Morgan fingerprint density at radius 3 is 2.46 bits per heavy atom. The van der Waals surface area contributed by atoms with Gasteiger partial charge in [-0.15, -0.1) is 11.3 Å². The highest BCUT2D eigenvalue weighted by Gasteiger charge is 2.45. The molecule has 16 heteroatoms. The summed E-state index contributed by atoms with van der Waals surface area (Å²) in [5.74, 6) is -1.97. The lowest BCUT2D eigenvalue weighted by atomic mass is 10.0. The number of rotatable bonds is 5. The SMILES string of the molecule is Cc1oc2nc1C(=O)N[C@@H](C(C)C)c1nc(cs1)C(=O)NCCN(C(=O)CN1C(=O)NC(C)(C)C1=O)CCCC(=O)N[C@H]2Cc1ccccc1. The van der Waals surface area contributed by atoms with Gasteiger partial charge in [-0.25, -0.2) is 14.8 Å². The molecule has 0 radical (unpaired) electrons. The maximum atomic E-state index is 13.5. The number of oxazole rings is 1. The second-order valence-corrected chi connectivity index (χ2v) is 14.1. The number of aryl methyl sites for hydroxylation is 1. The van der Waals surface area contributed by atoms with Crippen LogP contribution in [0.4, 0.5) is 4.79 Å². The van der Waals surface area contributed by atoms with Crippen molar-refractivity contribution in [3.8, 4) is 0 Å². The first kappa shape index (κ1) is 36.2. The fourth-order valence-electron chi connectivity index (χ4n) is 5.73. The van der Waals surface area contributed by atoms with Crippen LogP contribution in [0.3, 0.4) is 0 Å². The molecule has 1 aromatic carbocycles. The van der Waals surface area contributed by atoms with Gasteiger partial charge in [0, 0.05) is 37.9 Å². The number of nitrogens with one attached hydrogen (secondary N) is 4. The second kappa shape index (κ2) is 15.2. The van der Waals surface area contributed by atoms with E-state index in [0.717, 1.165) is 10.5 Å². The summed E-state index contributed by atoms with van der Waals surface area (Å²) in [6.45, 7) is 8.29. The lowest BCUT2D eigenvalue weighted by molar-refractivity contribution is -0.138. The lowest BCUT2D eigenvalue weighted by Crippen LogP contribution is -2.46. The zero-order valence-electron chi connectivity index (χ0n) is 28.7. The van der Waals surface area contributed by atoms with Gasteiger partial charge in [0.1, 0.15) is 34.6 Å². The molecule has 2 atom stereocenters. The van der Waals surface area contributed by atoms with Crippen molar-refractivity contribution in [1.29, 1.82) is 0 Å². The molecule has 5 rings (SSSR count). The fourth-order valence-corrected chi connectivity index (χ4v) is 6.76. The van der Waals surface area contributed by atoms with Gasteiger partial charge in [-0.05, 0) is 38.7 Å². The maximum absolute atomic E-state index is 13.5. The normalized spacial score (nSPS) is 20.6. The summed E-state index contributed by atoms with van der Waals surface area (Å²) < 4.78 is 5.98. The van der Waals surface area contributed by atoms with Crippen molar-refractivity contribution >= 4 is 46.9 Å². The van der Waals surface area contributed by atoms with Gasteiger partial charge in [-0.1, -0.05) is 44.2 Å². The quantitative estimate of drug-likeness (QED) is 0.289. The average molecular weight is 707 g/mol. The Bertz CT molecular complexity index is 1770. The van der Waals surface area contributed by atoms with Gasteiger partial charge in [0.05, 0.1) is 6.04 Å². The minimum atomic E-state index is -1.14. The molecular formula is C34H42N8O7S. The van der Waals surface area contributed by atoms with E-state index in [4.69, 9.17) is 4.42 Å². The number of carbonyl (C=O) groups excluding carboxylic acids is 6. The predicted molar refractivity (Wildman–Crippen MR) is 182 cm³/mol. The number of urea groups is 1. The highest BCUT2D eigenvalue weighted by atomic mass is 32.1. The van der Waals surface area contributed by atoms with E-state index in [0.29, 0.717) is 11.4 Å². The Balaban J connectivity index is 1.42. The van der Waals surface area contributed by atoms with Crippen LogP contribution in [-0.4, -0.2) is 87.1 Å². The lowest BCUT2D eigenvalue weighted by Gasteiger charge is -2.25. The summed E-state index contributed by atoms with van der Waals surface area (Å²) in [7, 11) is 0. The molecule has 4 N–H and O–H groups in total. The molecule has 4 bridgehead atoms. The summed E-state index contributed by atoms with van der Waals surface area (Å²) in [5, 5.41) is 13.4. The van der Waals surface area contributed by atoms with Gasteiger partial charge < -0.3 is 30.6 Å². The summed E-state index contributed by atoms with van der Waals surface area (Å²) in [6.07, 6.45) is 0.596. The van der Waals surface area contributed by atoms with Crippen molar-refractivity contribution in [3.63, 3.8) is 0 Å². The Morgan fingerprint density at radius 1 is 1.04 bits per heavy atom. The molecule has 2 aromatic heterocycles. The van der Waals surface area contributed by atoms with Crippen molar-refractivity contribution < 1.29 is 33.2 Å². The van der Waals surface area contributed by atoms with Gasteiger partial charge in [0.25, 0.3) is 17.7 Å². The van der Waals surface area contributed by atoms with Crippen molar-refractivity contribution in [1.82, 2.24) is 41.0 Å². The number of nitrogens with zero attached hydrogens (tertiary/aromatic N) is 4. The van der Waals surface area contributed by atoms with Crippen LogP contribution in [0.5, 0.6) is 0 Å². The molecule has 0 spiro atoms. The van der Waals surface area contributed by atoms with E-state index >= 15 is 0 Å². The third kappa shape index (κ3) is 8.35. The molecule has 7 amide bonds.